The van der Waals surface area contributed by atoms with Gasteiger partial charge in [0.05, 0.1) is 10.2 Å². The first-order chi connectivity index (χ1) is 11.5. The third-order valence-corrected chi connectivity index (χ3v) is 4.48. The van der Waals surface area contributed by atoms with Crippen LogP contribution in [0.25, 0.3) is 10.2 Å². The molecular formula is C16H11Cl2FN2O2S. The van der Waals surface area contributed by atoms with Gasteiger partial charge >= 0.3 is 0 Å². The minimum absolute atomic E-state index is 0.276. The summed E-state index contributed by atoms with van der Waals surface area (Å²) in [6, 6.07) is 11.3. The standard InChI is InChI=1S/C16H11Cl2FN2O2S/c17-15(18)16(22)20-10-2-4-11(5-3-10)23-8-14-21-12-7-9(19)1-6-13(12)24-14/h1-7,15H,8H2,(H,20,22). The van der Waals surface area contributed by atoms with E-state index in [1.165, 1.54) is 23.5 Å². The molecule has 3 rings (SSSR count). The molecule has 0 aliphatic heterocycles. The number of carbonyl (C=O) groups is 1. The zero-order valence-electron chi connectivity index (χ0n) is 12.1. The fourth-order valence-corrected chi connectivity index (χ4v) is 2.96. The highest BCUT2D eigenvalue weighted by Crippen LogP contribution is 2.24. The second-order valence-electron chi connectivity index (χ2n) is 4.82. The molecule has 0 aliphatic carbocycles. The Labute approximate surface area is 151 Å². The average Bonchev–Trinajstić information content (AvgIpc) is 2.96. The fraction of sp³-hybridized carbons (Fsp3) is 0.125. The molecule has 0 bridgehead atoms. The maximum absolute atomic E-state index is 13.2. The molecule has 0 saturated heterocycles. The Hall–Kier alpha value is -1.89. The minimum atomic E-state index is -1.12. The van der Waals surface area contributed by atoms with Crippen LogP contribution in [0.15, 0.2) is 42.5 Å². The molecule has 0 fully saturated rings. The summed E-state index contributed by atoms with van der Waals surface area (Å²) < 4.78 is 19.7. The second kappa shape index (κ2) is 7.34. The summed E-state index contributed by atoms with van der Waals surface area (Å²) in [6.45, 7) is 0.276. The van der Waals surface area contributed by atoms with Crippen molar-refractivity contribution in [3.05, 3.63) is 53.3 Å². The van der Waals surface area contributed by atoms with Crippen molar-refractivity contribution in [3.63, 3.8) is 0 Å². The molecule has 8 heteroatoms. The molecule has 0 spiro atoms. The number of hydrogen-bond donors (Lipinski definition) is 1. The maximum Gasteiger partial charge on any atom is 0.257 e. The first-order valence-corrected chi connectivity index (χ1v) is 8.57. The fourth-order valence-electron chi connectivity index (χ4n) is 1.99. The van der Waals surface area contributed by atoms with E-state index in [4.69, 9.17) is 27.9 Å². The average molecular weight is 385 g/mol. The van der Waals surface area contributed by atoms with E-state index >= 15 is 0 Å². The number of carbonyl (C=O) groups excluding carboxylic acids is 1. The zero-order chi connectivity index (χ0) is 17.1. The number of nitrogens with one attached hydrogen (secondary N) is 1. The summed E-state index contributed by atoms with van der Waals surface area (Å²) >= 11 is 12.4. The van der Waals surface area contributed by atoms with Gasteiger partial charge in [-0.2, -0.15) is 0 Å². The quantitative estimate of drug-likeness (QED) is 0.645. The van der Waals surface area contributed by atoms with Crippen molar-refractivity contribution >= 4 is 56.3 Å². The summed E-state index contributed by atoms with van der Waals surface area (Å²) in [5.41, 5.74) is 1.18. The molecule has 1 N–H and O–H groups in total. The molecule has 1 amide bonds. The van der Waals surface area contributed by atoms with Crippen molar-refractivity contribution in [2.24, 2.45) is 0 Å². The van der Waals surface area contributed by atoms with Gasteiger partial charge in [0.25, 0.3) is 5.91 Å². The Morgan fingerprint density at radius 1 is 1.25 bits per heavy atom. The molecule has 1 aromatic heterocycles. The second-order valence-corrected chi connectivity index (χ2v) is 7.03. The molecule has 0 aliphatic rings. The SMILES string of the molecule is O=C(Nc1ccc(OCc2nc3cc(F)ccc3s2)cc1)C(Cl)Cl. The van der Waals surface area contributed by atoms with Gasteiger partial charge in [-0.05, 0) is 36.4 Å². The number of ether oxygens (including phenoxy) is 1. The van der Waals surface area contributed by atoms with Crippen molar-refractivity contribution in [1.29, 1.82) is 0 Å². The smallest absolute Gasteiger partial charge is 0.257 e. The van der Waals surface area contributed by atoms with Crippen molar-refractivity contribution in [1.82, 2.24) is 4.98 Å². The summed E-state index contributed by atoms with van der Waals surface area (Å²) in [5.74, 6) is -0.186. The molecular weight excluding hydrogens is 374 g/mol. The van der Waals surface area contributed by atoms with Gasteiger partial charge in [-0.15, -0.1) is 11.3 Å². The van der Waals surface area contributed by atoms with Crippen molar-refractivity contribution < 1.29 is 13.9 Å². The number of thiazole rings is 1. The van der Waals surface area contributed by atoms with Gasteiger partial charge in [-0.3, -0.25) is 4.79 Å². The molecule has 24 heavy (non-hydrogen) atoms. The Morgan fingerprint density at radius 2 is 2.00 bits per heavy atom. The number of benzene rings is 2. The van der Waals surface area contributed by atoms with E-state index in [9.17, 15) is 9.18 Å². The van der Waals surface area contributed by atoms with Crippen LogP contribution < -0.4 is 10.1 Å². The predicted molar refractivity (Wildman–Crippen MR) is 94.5 cm³/mol. The number of hydrogen-bond acceptors (Lipinski definition) is 4. The minimum Gasteiger partial charge on any atom is -0.486 e. The Kier molecular flexibility index (Phi) is 5.18. The molecule has 2 aromatic carbocycles. The number of alkyl halides is 2. The zero-order valence-corrected chi connectivity index (χ0v) is 14.5. The van der Waals surface area contributed by atoms with Gasteiger partial charge in [-0.25, -0.2) is 9.37 Å². The van der Waals surface area contributed by atoms with Gasteiger partial charge in [0, 0.05) is 11.8 Å². The highest BCUT2D eigenvalue weighted by molar-refractivity contribution is 7.18. The van der Waals surface area contributed by atoms with E-state index in [0.29, 0.717) is 17.0 Å². The number of amides is 1. The van der Waals surface area contributed by atoms with Gasteiger partial charge < -0.3 is 10.1 Å². The number of aromatic nitrogens is 1. The van der Waals surface area contributed by atoms with Crippen LogP contribution in [0, 0.1) is 5.82 Å². The Balaban J connectivity index is 1.62. The van der Waals surface area contributed by atoms with Gasteiger partial charge in [0.15, 0.2) is 4.84 Å². The number of fused-ring (bicyclic) bond motifs is 1. The van der Waals surface area contributed by atoms with Crippen LogP contribution in [0.5, 0.6) is 5.75 Å². The van der Waals surface area contributed by atoms with Gasteiger partial charge in [0.1, 0.15) is 23.2 Å². The van der Waals surface area contributed by atoms with E-state index in [1.54, 1.807) is 30.3 Å². The summed E-state index contributed by atoms with van der Waals surface area (Å²) in [5, 5.41) is 3.31. The molecule has 0 saturated carbocycles. The topological polar surface area (TPSA) is 51.2 Å². The first kappa shape index (κ1) is 17.0. The molecule has 0 radical (unpaired) electrons. The lowest BCUT2D eigenvalue weighted by Crippen LogP contribution is -2.18. The van der Waals surface area contributed by atoms with Crippen LogP contribution in [0.1, 0.15) is 5.01 Å². The molecule has 1 heterocycles. The number of halogens is 3. The van der Waals surface area contributed by atoms with E-state index in [2.05, 4.69) is 10.3 Å². The normalized spacial score (nSPS) is 11.0. The first-order valence-electron chi connectivity index (χ1n) is 6.88. The molecule has 4 nitrogen and oxygen atoms in total. The Bertz CT molecular complexity index is 868. The highest BCUT2D eigenvalue weighted by Gasteiger charge is 2.11. The van der Waals surface area contributed by atoms with E-state index in [-0.39, 0.29) is 12.4 Å². The van der Waals surface area contributed by atoms with E-state index in [0.717, 1.165) is 9.71 Å². The van der Waals surface area contributed by atoms with Crippen molar-refractivity contribution in [2.45, 2.75) is 11.4 Å². The summed E-state index contributed by atoms with van der Waals surface area (Å²) in [6.07, 6.45) is 0. The van der Waals surface area contributed by atoms with Crippen LogP contribution in [0.3, 0.4) is 0 Å². The number of rotatable bonds is 5. The van der Waals surface area contributed by atoms with Crippen LogP contribution in [0.2, 0.25) is 0 Å². The molecule has 0 unspecified atom stereocenters. The van der Waals surface area contributed by atoms with Crippen LogP contribution >= 0.6 is 34.5 Å². The van der Waals surface area contributed by atoms with E-state index < -0.39 is 10.7 Å². The number of nitrogens with zero attached hydrogens (tertiary/aromatic N) is 1. The number of anilines is 1. The molecule has 0 atom stereocenters. The largest absolute Gasteiger partial charge is 0.486 e. The highest BCUT2D eigenvalue weighted by atomic mass is 35.5. The molecule has 3 aromatic rings. The molecule has 124 valence electrons. The van der Waals surface area contributed by atoms with E-state index in [1.807, 2.05) is 0 Å². The lowest BCUT2D eigenvalue weighted by Gasteiger charge is -2.07. The summed E-state index contributed by atoms with van der Waals surface area (Å²) in [7, 11) is 0. The van der Waals surface area contributed by atoms with Crippen LogP contribution in [0.4, 0.5) is 10.1 Å². The lowest BCUT2D eigenvalue weighted by molar-refractivity contribution is -0.114. The third-order valence-electron chi connectivity index (χ3n) is 3.08. The van der Waals surface area contributed by atoms with Gasteiger partial charge in [-0.1, -0.05) is 23.2 Å². The van der Waals surface area contributed by atoms with Crippen LogP contribution in [-0.4, -0.2) is 15.7 Å². The summed E-state index contributed by atoms with van der Waals surface area (Å²) in [4.78, 5) is 14.6. The monoisotopic (exact) mass is 384 g/mol. The lowest BCUT2D eigenvalue weighted by atomic mass is 10.3. The van der Waals surface area contributed by atoms with Crippen LogP contribution in [-0.2, 0) is 11.4 Å². The van der Waals surface area contributed by atoms with Crippen molar-refractivity contribution in [3.8, 4) is 5.75 Å². The Morgan fingerprint density at radius 3 is 2.71 bits per heavy atom. The van der Waals surface area contributed by atoms with Crippen molar-refractivity contribution in [2.75, 3.05) is 5.32 Å². The maximum atomic E-state index is 13.2. The predicted octanol–water partition coefficient (Wildman–Crippen LogP) is 4.76. The van der Waals surface area contributed by atoms with Gasteiger partial charge in [0.2, 0.25) is 0 Å². The third kappa shape index (κ3) is 4.14.